The quantitative estimate of drug-likeness (QED) is 0.445. The van der Waals surface area contributed by atoms with Gasteiger partial charge >= 0.3 is 0 Å². The highest BCUT2D eigenvalue weighted by molar-refractivity contribution is 7.37. The predicted octanol–water partition coefficient (Wildman–Crippen LogP) is 3.76. The molecule has 1 N–H and O–H groups in total. The Labute approximate surface area is 124 Å². The molecule has 0 saturated heterocycles. The van der Waals surface area contributed by atoms with Crippen molar-refractivity contribution in [1.82, 2.24) is 0 Å². The molecule has 0 aromatic heterocycles. The van der Waals surface area contributed by atoms with Crippen LogP contribution in [0.3, 0.4) is 0 Å². The van der Waals surface area contributed by atoms with Gasteiger partial charge in [0.15, 0.2) is 0 Å². The first kappa shape index (κ1) is 17.6. The standard InChI is InChI=1S/C16H27O3P/c17-11-7-2-1-3-8-12-18-14-20-15-19-13-16-9-5-4-6-10-16/h4-6,9-10,17,20H,1-3,7-8,11-15H2. The van der Waals surface area contributed by atoms with Crippen molar-refractivity contribution in [1.29, 1.82) is 0 Å². The molecule has 1 rings (SSSR count). The van der Waals surface area contributed by atoms with Crippen molar-refractivity contribution >= 4 is 8.58 Å². The Hall–Kier alpha value is -0.470. The van der Waals surface area contributed by atoms with E-state index in [1.54, 1.807) is 0 Å². The Morgan fingerprint density at radius 2 is 1.55 bits per heavy atom. The molecule has 1 aromatic rings. The molecule has 1 unspecified atom stereocenters. The van der Waals surface area contributed by atoms with Crippen LogP contribution in [0.25, 0.3) is 0 Å². The average Bonchev–Trinajstić information content (AvgIpc) is 2.49. The minimum absolute atomic E-state index is 0.320. The molecule has 4 heteroatoms. The molecule has 1 atom stereocenters. The Morgan fingerprint density at radius 1 is 0.850 bits per heavy atom. The minimum Gasteiger partial charge on any atom is -0.396 e. The smallest absolute Gasteiger partial charge is 0.0721 e. The molecule has 0 bridgehead atoms. The summed E-state index contributed by atoms with van der Waals surface area (Å²) in [6.07, 6.45) is 7.18. The van der Waals surface area contributed by atoms with Crippen LogP contribution >= 0.6 is 8.58 Å². The molecular formula is C16H27O3P. The van der Waals surface area contributed by atoms with Gasteiger partial charge in [0.05, 0.1) is 19.3 Å². The number of hydrogen-bond acceptors (Lipinski definition) is 3. The van der Waals surface area contributed by atoms with E-state index in [9.17, 15) is 0 Å². The molecule has 20 heavy (non-hydrogen) atoms. The third-order valence-corrected chi connectivity index (χ3v) is 3.78. The first-order chi connectivity index (χ1) is 9.93. The average molecular weight is 298 g/mol. The summed E-state index contributed by atoms with van der Waals surface area (Å²) in [4.78, 5) is 0. The molecule has 0 saturated carbocycles. The maximum Gasteiger partial charge on any atom is 0.0721 e. The highest BCUT2D eigenvalue weighted by Crippen LogP contribution is 2.12. The molecule has 0 aliphatic carbocycles. The zero-order valence-electron chi connectivity index (χ0n) is 12.2. The van der Waals surface area contributed by atoms with E-state index in [0.717, 1.165) is 47.1 Å². The van der Waals surface area contributed by atoms with Crippen LogP contribution in [0.2, 0.25) is 0 Å². The number of rotatable bonds is 13. The van der Waals surface area contributed by atoms with Gasteiger partial charge in [-0.1, -0.05) is 58.2 Å². The summed E-state index contributed by atoms with van der Waals surface area (Å²) in [5.41, 5.74) is 1.22. The number of aliphatic hydroxyl groups is 1. The lowest BCUT2D eigenvalue weighted by Gasteiger charge is -2.06. The fourth-order valence-electron chi connectivity index (χ4n) is 1.85. The summed E-state index contributed by atoms with van der Waals surface area (Å²) in [5, 5.41) is 8.65. The molecule has 0 heterocycles. The molecule has 114 valence electrons. The van der Waals surface area contributed by atoms with Gasteiger partial charge < -0.3 is 14.6 Å². The fourth-order valence-corrected chi connectivity index (χ4v) is 2.47. The Balaban J connectivity index is 1.77. The van der Waals surface area contributed by atoms with Crippen molar-refractivity contribution in [3.8, 4) is 0 Å². The van der Waals surface area contributed by atoms with Gasteiger partial charge in [0.2, 0.25) is 0 Å². The fraction of sp³-hybridized carbons (Fsp3) is 0.625. The first-order valence-electron chi connectivity index (χ1n) is 7.44. The number of benzene rings is 1. The first-order valence-corrected chi connectivity index (χ1v) is 8.86. The van der Waals surface area contributed by atoms with Crippen LogP contribution in [0, 0.1) is 0 Å². The van der Waals surface area contributed by atoms with Crippen LogP contribution in [-0.2, 0) is 16.1 Å². The number of ether oxygens (including phenoxy) is 2. The van der Waals surface area contributed by atoms with Gasteiger partial charge in [-0.3, -0.25) is 0 Å². The van der Waals surface area contributed by atoms with Gasteiger partial charge in [-0.05, 0) is 18.4 Å². The Bertz CT molecular complexity index is 306. The summed E-state index contributed by atoms with van der Waals surface area (Å²) >= 11 is 0. The summed E-state index contributed by atoms with van der Waals surface area (Å²) in [5.74, 6) is 0. The zero-order chi connectivity index (χ0) is 14.3. The van der Waals surface area contributed by atoms with Crippen LogP contribution in [0.1, 0.15) is 37.7 Å². The van der Waals surface area contributed by atoms with Crippen LogP contribution in [0.5, 0.6) is 0 Å². The largest absolute Gasteiger partial charge is 0.396 e. The third kappa shape index (κ3) is 10.3. The second-order valence-electron chi connectivity index (χ2n) is 4.77. The Kier molecular flexibility index (Phi) is 11.9. The van der Waals surface area contributed by atoms with Crippen LogP contribution < -0.4 is 0 Å². The number of aliphatic hydroxyl groups excluding tert-OH is 1. The lowest BCUT2D eigenvalue weighted by atomic mass is 10.1. The van der Waals surface area contributed by atoms with E-state index in [1.807, 2.05) is 18.2 Å². The van der Waals surface area contributed by atoms with Gasteiger partial charge in [-0.2, -0.15) is 0 Å². The molecule has 0 aliphatic rings. The molecule has 1 aromatic carbocycles. The third-order valence-electron chi connectivity index (χ3n) is 2.97. The molecular weight excluding hydrogens is 271 g/mol. The lowest BCUT2D eigenvalue weighted by molar-refractivity contribution is 0.154. The van der Waals surface area contributed by atoms with E-state index < -0.39 is 0 Å². The lowest BCUT2D eigenvalue weighted by Crippen LogP contribution is -1.96. The van der Waals surface area contributed by atoms with E-state index in [0.29, 0.717) is 13.2 Å². The van der Waals surface area contributed by atoms with Crippen molar-refractivity contribution < 1.29 is 14.6 Å². The van der Waals surface area contributed by atoms with Crippen LogP contribution in [0.4, 0.5) is 0 Å². The molecule has 0 spiro atoms. The summed E-state index contributed by atoms with van der Waals surface area (Å²) < 4.78 is 11.2. The highest BCUT2D eigenvalue weighted by atomic mass is 31.1. The van der Waals surface area contributed by atoms with Gasteiger partial charge in [0, 0.05) is 13.2 Å². The van der Waals surface area contributed by atoms with Crippen molar-refractivity contribution in [3.63, 3.8) is 0 Å². The second kappa shape index (κ2) is 13.5. The van der Waals surface area contributed by atoms with Crippen molar-refractivity contribution in [2.45, 2.75) is 38.7 Å². The van der Waals surface area contributed by atoms with E-state index in [1.165, 1.54) is 18.4 Å². The number of unbranched alkanes of at least 4 members (excludes halogenated alkanes) is 4. The maximum atomic E-state index is 8.65. The molecule has 0 fully saturated rings. The van der Waals surface area contributed by atoms with E-state index in [4.69, 9.17) is 14.6 Å². The summed E-state index contributed by atoms with van der Waals surface area (Å²) in [7, 11) is 0.719. The van der Waals surface area contributed by atoms with E-state index in [2.05, 4.69) is 12.1 Å². The van der Waals surface area contributed by atoms with Gasteiger partial charge in [0.1, 0.15) is 0 Å². The van der Waals surface area contributed by atoms with E-state index >= 15 is 0 Å². The van der Waals surface area contributed by atoms with Gasteiger partial charge in [-0.25, -0.2) is 0 Å². The topological polar surface area (TPSA) is 38.7 Å². The molecule has 0 amide bonds. The van der Waals surface area contributed by atoms with Crippen LogP contribution in [-0.4, -0.2) is 31.0 Å². The van der Waals surface area contributed by atoms with Crippen molar-refractivity contribution in [3.05, 3.63) is 35.9 Å². The molecule has 0 radical (unpaired) electrons. The predicted molar refractivity (Wildman–Crippen MR) is 85.4 cm³/mol. The maximum absolute atomic E-state index is 8.65. The monoisotopic (exact) mass is 298 g/mol. The summed E-state index contributed by atoms with van der Waals surface area (Å²) in [6, 6.07) is 10.2. The summed E-state index contributed by atoms with van der Waals surface area (Å²) in [6.45, 7) is 1.87. The Morgan fingerprint density at radius 3 is 2.35 bits per heavy atom. The second-order valence-corrected chi connectivity index (χ2v) is 5.85. The molecule has 0 aliphatic heterocycles. The zero-order valence-corrected chi connectivity index (χ0v) is 13.2. The van der Waals surface area contributed by atoms with Gasteiger partial charge in [0.25, 0.3) is 0 Å². The highest BCUT2D eigenvalue weighted by Gasteiger charge is 1.94. The SMILES string of the molecule is OCCCCCCCOCPCOCc1ccccc1. The minimum atomic E-state index is 0.320. The van der Waals surface area contributed by atoms with E-state index in [-0.39, 0.29) is 0 Å². The van der Waals surface area contributed by atoms with Gasteiger partial charge in [-0.15, -0.1) is 0 Å². The molecule has 3 nitrogen and oxygen atoms in total. The van der Waals surface area contributed by atoms with Crippen LogP contribution in [0.15, 0.2) is 30.3 Å². The van der Waals surface area contributed by atoms with Crippen molar-refractivity contribution in [2.75, 3.05) is 25.9 Å². The van der Waals surface area contributed by atoms with Crippen molar-refractivity contribution in [2.24, 2.45) is 0 Å². The number of hydrogen-bond donors (Lipinski definition) is 1. The normalized spacial score (nSPS) is 11.4.